The van der Waals surface area contributed by atoms with E-state index in [1.165, 1.54) is 0 Å². The zero-order valence-electron chi connectivity index (χ0n) is 15.8. The molecular weight excluding hydrogens is 332 g/mol. The summed E-state index contributed by atoms with van der Waals surface area (Å²) in [6, 6.07) is -1.06. The van der Waals surface area contributed by atoms with E-state index < -0.39 is 42.5 Å². The maximum atomic E-state index is 12.3. The number of aliphatic hydroxyl groups excluding tert-OH is 1. The van der Waals surface area contributed by atoms with Gasteiger partial charge in [0, 0.05) is 0 Å². The van der Waals surface area contributed by atoms with Crippen molar-refractivity contribution in [3.8, 4) is 0 Å². The molecule has 0 bridgehead atoms. The number of hydrogen-bond donors (Lipinski definition) is 2. The minimum absolute atomic E-state index is 0.0774. The van der Waals surface area contributed by atoms with Crippen LogP contribution >= 0.6 is 0 Å². The quantitative estimate of drug-likeness (QED) is 0.385. The van der Waals surface area contributed by atoms with Gasteiger partial charge in [0.25, 0.3) is 0 Å². The summed E-state index contributed by atoms with van der Waals surface area (Å²) in [6.07, 6.45) is -3.55. The first-order valence-electron chi connectivity index (χ1n) is 8.45. The summed E-state index contributed by atoms with van der Waals surface area (Å²) in [5.41, 5.74) is 2.25. The number of carbonyl (C=O) groups is 3. The van der Waals surface area contributed by atoms with Gasteiger partial charge in [0.15, 0.2) is 6.10 Å². The predicted octanol–water partition coefficient (Wildman–Crippen LogP) is 1.98. The van der Waals surface area contributed by atoms with Crippen molar-refractivity contribution in [2.45, 2.75) is 78.7 Å². The third kappa shape index (κ3) is 8.57. The maximum absolute atomic E-state index is 12.3. The Labute approximate surface area is 148 Å². The van der Waals surface area contributed by atoms with Crippen molar-refractivity contribution in [2.24, 2.45) is 0 Å². The molecule has 9 heteroatoms. The van der Waals surface area contributed by atoms with Crippen molar-refractivity contribution in [3.05, 3.63) is 0 Å². The Morgan fingerprint density at radius 1 is 1.04 bits per heavy atom. The van der Waals surface area contributed by atoms with Gasteiger partial charge in [-0.1, -0.05) is 13.3 Å². The molecule has 0 saturated heterocycles. The Bertz CT molecular complexity index is 440. The molecule has 0 fully saturated rings. The van der Waals surface area contributed by atoms with Gasteiger partial charge in [-0.3, -0.25) is 0 Å². The Kier molecular flexibility index (Phi) is 10.6. The van der Waals surface area contributed by atoms with Crippen LogP contribution in [0.3, 0.4) is 0 Å². The van der Waals surface area contributed by atoms with Crippen LogP contribution in [0.4, 0.5) is 9.59 Å². The Morgan fingerprint density at radius 3 is 2.04 bits per heavy atom. The molecular formula is C16H30N2O7. The largest absolute Gasteiger partial charge is 0.464 e. The average Bonchev–Trinajstić information content (AvgIpc) is 2.48. The van der Waals surface area contributed by atoms with Crippen LogP contribution in [-0.4, -0.2) is 59.2 Å². The zero-order chi connectivity index (χ0) is 19.6. The second-order valence-electron chi connectivity index (χ2n) is 5.92. The fourth-order valence-corrected chi connectivity index (χ4v) is 1.97. The summed E-state index contributed by atoms with van der Waals surface area (Å²) < 4.78 is 14.8. The lowest BCUT2D eigenvalue weighted by atomic mass is 10.1. The SMILES string of the molecule is CCCC(C(O)C(=O)OCC)N(NC(=O)OC(C)C)C(=O)OC(C)C. The molecule has 0 aromatic rings. The van der Waals surface area contributed by atoms with Crippen LogP contribution in [0.5, 0.6) is 0 Å². The normalized spacial score (nSPS) is 13.2. The smallest absolute Gasteiger partial charge is 0.429 e. The molecule has 0 heterocycles. The van der Waals surface area contributed by atoms with Crippen LogP contribution in [-0.2, 0) is 19.0 Å². The van der Waals surface area contributed by atoms with Crippen LogP contribution in [0.2, 0.25) is 0 Å². The van der Waals surface area contributed by atoms with Gasteiger partial charge in [0.2, 0.25) is 0 Å². The summed E-state index contributed by atoms with van der Waals surface area (Å²) >= 11 is 0. The van der Waals surface area contributed by atoms with Gasteiger partial charge in [0.1, 0.15) is 0 Å². The van der Waals surface area contributed by atoms with Crippen molar-refractivity contribution < 1.29 is 33.7 Å². The number of hydrazine groups is 1. The first-order chi connectivity index (χ1) is 11.6. The molecule has 0 aromatic carbocycles. The molecule has 0 rings (SSSR count). The highest BCUT2D eigenvalue weighted by Crippen LogP contribution is 2.14. The van der Waals surface area contributed by atoms with E-state index in [1.807, 2.05) is 6.92 Å². The first-order valence-corrected chi connectivity index (χ1v) is 8.45. The van der Waals surface area contributed by atoms with Crippen molar-refractivity contribution in [1.29, 1.82) is 0 Å². The molecule has 2 unspecified atom stereocenters. The molecule has 0 saturated carbocycles. The number of rotatable bonds is 8. The van der Waals surface area contributed by atoms with Gasteiger partial charge in [-0.2, -0.15) is 0 Å². The third-order valence-electron chi connectivity index (χ3n) is 2.90. The maximum Gasteiger partial charge on any atom is 0.429 e. The number of nitrogens with zero attached hydrogens (tertiary/aromatic N) is 1. The van der Waals surface area contributed by atoms with Gasteiger partial charge in [-0.25, -0.2) is 24.8 Å². The molecule has 0 aliphatic carbocycles. The van der Waals surface area contributed by atoms with E-state index in [2.05, 4.69) is 5.43 Å². The fourth-order valence-electron chi connectivity index (χ4n) is 1.97. The molecule has 0 aliphatic heterocycles. The lowest BCUT2D eigenvalue weighted by Crippen LogP contribution is -2.58. The van der Waals surface area contributed by atoms with Gasteiger partial charge in [-0.15, -0.1) is 0 Å². The van der Waals surface area contributed by atoms with Crippen LogP contribution < -0.4 is 5.43 Å². The number of amides is 2. The second-order valence-corrected chi connectivity index (χ2v) is 5.92. The van der Waals surface area contributed by atoms with Crippen molar-refractivity contribution in [1.82, 2.24) is 10.4 Å². The molecule has 2 N–H and O–H groups in total. The van der Waals surface area contributed by atoms with E-state index in [-0.39, 0.29) is 13.0 Å². The average molecular weight is 362 g/mol. The van der Waals surface area contributed by atoms with Gasteiger partial charge in [0.05, 0.1) is 24.9 Å². The molecule has 2 atom stereocenters. The minimum Gasteiger partial charge on any atom is -0.464 e. The molecule has 0 radical (unpaired) electrons. The highest BCUT2D eigenvalue weighted by atomic mass is 16.6. The van der Waals surface area contributed by atoms with Crippen LogP contribution in [0.25, 0.3) is 0 Å². The van der Waals surface area contributed by atoms with Crippen molar-refractivity contribution in [2.75, 3.05) is 6.61 Å². The standard InChI is InChI=1S/C16H30N2O7/c1-7-9-12(13(19)14(20)23-8-2)18(16(22)25-11(5)6)17-15(21)24-10(3)4/h10-13,19H,7-9H2,1-6H3,(H,17,21). The summed E-state index contributed by atoms with van der Waals surface area (Å²) in [5, 5.41) is 11.1. The second kappa shape index (κ2) is 11.5. The van der Waals surface area contributed by atoms with Crippen LogP contribution in [0.15, 0.2) is 0 Å². The van der Waals surface area contributed by atoms with E-state index in [4.69, 9.17) is 14.2 Å². The molecule has 0 spiro atoms. The molecule has 25 heavy (non-hydrogen) atoms. The summed E-state index contributed by atoms with van der Waals surface area (Å²) in [4.78, 5) is 36.1. The number of esters is 1. The molecule has 0 aliphatic rings. The zero-order valence-corrected chi connectivity index (χ0v) is 15.8. The Hall–Kier alpha value is -2.03. The van der Waals surface area contributed by atoms with Crippen molar-refractivity contribution in [3.63, 3.8) is 0 Å². The number of hydrogen-bond acceptors (Lipinski definition) is 7. The number of nitrogens with one attached hydrogen (secondary N) is 1. The third-order valence-corrected chi connectivity index (χ3v) is 2.90. The van der Waals surface area contributed by atoms with Crippen LogP contribution in [0, 0.1) is 0 Å². The van der Waals surface area contributed by atoms with Gasteiger partial charge < -0.3 is 19.3 Å². The Morgan fingerprint density at radius 2 is 1.60 bits per heavy atom. The number of aliphatic hydroxyl groups is 1. The topological polar surface area (TPSA) is 114 Å². The highest BCUT2D eigenvalue weighted by Gasteiger charge is 2.37. The van der Waals surface area contributed by atoms with E-state index in [1.54, 1.807) is 34.6 Å². The summed E-state index contributed by atoms with van der Waals surface area (Å²) in [7, 11) is 0. The molecule has 0 aromatic heterocycles. The van der Waals surface area contributed by atoms with Crippen LogP contribution in [0.1, 0.15) is 54.4 Å². The fraction of sp³-hybridized carbons (Fsp3) is 0.812. The lowest BCUT2D eigenvalue weighted by Gasteiger charge is -2.33. The van der Waals surface area contributed by atoms with E-state index in [0.717, 1.165) is 5.01 Å². The van der Waals surface area contributed by atoms with E-state index in [0.29, 0.717) is 6.42 Å². The summed E-state index contributed by atoms with van der Waals surface area (Å²) in [5.74, 6) is -0.887. The first kappa shape index (κ1) is 23.0. The predicted molar refractivity (Wildman–Crippen MR) is 89.5 cm³/mol. The van der Waals surface area contributed by atoms with Crippen molar-refractivity contribution >= 4 is 18.2 Å². The lowest BCUT2D eigenvalue weighted by molar-refractivity contribution is -0.157. The Balaban J connectivity index is 5.47. The minimum atomic E-state index is -1.64. The molecule has 146 valence electrons. The van der Waals surface area contributed by atoms with Gasteiger partial charge in [-0.05, 0) is 41.0 Å². The van der Waals surface area contributed by atoms with E-state index >= 15 is 0 Å². The monoisotopic (exact) mass is 362 g/mol. The van der Waals surface area contributed by atoms with E-state index in [9.17, 15) is 19.5 Å². The highest BCUT2D eigenvalue weighted by molar-refractivity contribution is 5.78. The molecule has 2 amide bonds. The number of carbonyl (C=O) groups excluding carboxylic acids is 3. The van der Waals surface area contributed by atoms with Gasteiger partial charge >= 0.3 is 18.2 Å². The molecule has 9 nitrogen and oxygen atoms in total. The number of ether oxygens (including phenoxy) is 3. The summed E-state index contributed by atoms with van der Waals surface area (Å²) in [6.45, 7) is 10.1.